The van der Waals surface area contributed by atoms with Gasteiger partial charge in [0.2, 0.25) is 0 Å². The third-order valence-electron chi connectivity index (χ3n) is 2.01. The first-order chi connectivity index (χ1) is 5.29. The molecule has 0 atom stereocenters. The summed E-state index contributed by atoms with van der Waals surface area (Å²) in [5, 5.41) is 9.33. The summed E-state index contributed by atoms with van der Waals surface area (Å²) in [5.74, 6) is 0.765. The van der Waals surface area contributed by atoms with Crippen molar-refractivity contribution in [3.8, 4) is 0 Å². The van der Waals surface area contributed by atoms with E-state index >= 15 is 0 Å². The van der Waals surface area contributed by atoms with E-state index in [0.717, 1.165) is 18.9 Å². The van der Waals surface area contributed by atoms with Gasteiger partial charge in [-0.3, -0.25) is 4.57 Å². The Morgan fingerprint density at radius 2 is 2.36 bits per heavy atom. The van der Waals surface area contributed by atoms with Gasteiger partial charge < -0.3 is 5.32 Å². The summed E-state index contributed by atoms with van der Waals surface area (Å²) in [4.78, 5) is 11.1. The molecule has 1 aromatic rings. The van der Waals surface area contributed by atoms with Gasteiger partial charge in [-0.15, -0.1) is 0 Å². The molecule has 1 aromatic heterocycles. The van der Waals surface area contributed by atoms with Crippen LogP contribution in [0.4, 0.5) is 0 Å². The molecule has 0 spiro atoms. The summed E-state index contributed by atoms with van der Waals surface area (Å²) >= 11 is 0. The maximum Gasteiger partial charge on any atom is 0.343 e. The Balaban J connectivity index is 2.41. The van der Waals surface area contributed by atoms with Crippen molar-refractivity contribution in [2.45, 2.75) is 13.0 Å². The number of aromatic amines is 1. The first kappa shape index (κ1) is 6.60. The molecule has 1 fully saturated rings. The summed E-state index contributed by atoms with van der Waals surface area (Å²) in [7, 11) is 0. The number of nitrogens with one attached hydrogen (secondary N) is 2. The lowest BCUT2D eigenvalue weighted by atomic mass is 10.2. The number of aromatic nitrogens is 3. The predicted molar refractivity (Wildman–Crippen MR) is 39.5 cm³/mol. The molecule has 0 radical (unpaired) electrons. The Morgan fingerprint density at radius 3 is 2.73 bits per heavy atom. The van der Waals surface area contributed by atoms with Crippen molar-refractivity contribution in [3.63, 3.8) is 0 Å². The van der Waals surface area contributed by atoms with Crippen LogP contribution in [0.3, 0.4) is 0 Å². The molecular weight excluding hydrogens is 144 g/mol. The van der Waals surface area contributed by atoms with Crippen molar-refractivity contribution >= 4 is 0 Å². The van der Waals surface area contributed by atoms with Crippen LogP contribution < -0.4 is 11.0 Å². The molecule has 0 aliphatic carbocycles. The molecule has 0 unspecified atom stereocenters. The second-order valence-corrected chi connectivity index (χ2v) is 2.76. The van der Waals surface area contributed by atoms with Gasteiger partial charge in [-0.1, -0.05) is 0 Å². The van der Waals surface area contributed by atoms with Crippen LogP contribution in [0.25, 0.3) is 0 Å². The monoisotopic (exact) mass is 154 g/mol. The van der Waals surface area contributed by atoms with Gasteiger partial charge in [0, 0.05) is 13.1 Å². The van der Waals surface area contributed by atoms with E-state index in [1.807, 2.05) is 6.92 Å². The molecule has 2 rings (SSSR count). The highest BCUT2D eigenvalue weighted by Gasteiger charge is 2.22. The summed E-state index contributed by atoms with van der Waals surface area (Å²) < 4.78 is 1.69. The first-order valence-corrected chi connectivity index (χ1v) is 3.63. The lowest BCUT2D eigenvalue weighted by Crippen LogP contribution is -2.46. The highest BCUT2D eigenvalue weighted by atomic mass is 16.1. The van der Waals surface area contributed by atoms with E-state index in [2.05, 4.69) is 15.5 Å². The topological polar surface area (TPSA) is 62.7 Å². The number of aryl methyl sites for hydroxylation is 1. The van der Waals surface area contributed by atoms with Crippen molar-refractivity contribution in [2.75, 3.05) is 13.1 Å². The second-order valence-electron chi connectivity index (χ2n) is 2.76. The predicted octanol–water partition coefficient (Wildman–Crippen LogP) is -0.976. The fourth-order valence-corrected chi connectivity index (χ4v) is 1.27. The van der Waals surface area contributed by atoms with Crippen LogP contribution in [0.15, 0.2) is 4.79 Å². The van der Waals surface area contributed by atoms with Gasteiger partial charge in [-0.05, 0) is 6.92 Å². The van der Waals surface area contributed by atoms with Crippen molar-refractivity contribution in [1.29, 1.82) is 0 Å². The average Bonchev–Trinajstić information content (AvgIpc) is 2.15. The average molecular weight is 154 g/mol. The van der Waals surface area contributed by atoms with Gasteiger partial charge in [-0.25, -0.2) is 9.89 Å². The smallest absolute Gasteiger partial charge is 0.313 e. The molecule has 5 nitrogen and oxygen atoms in total. The Morgan fingerprint density at radius 1 is 1.64 bits per heavy atom. The largest absolute Gasteiger partial charge is 0.343 e. The number of nitrogens with zero attached hydrogens (tertiary/aromatic N) is 2. The minimum atomic E-state index is -0.103. The van der Waals surface area contributed by atoms with E-state index in [-0.39, 0.29) is 5.69 Å². The highest BCUT2D eigenvalue weighted by Crippen LogP contribution is 2.08. The maximum atomic E-state index is 11.1. The maximum absolute atomic E-state index is 11.1. The molecule has 1 aliphatic heterocycles. The molecule has 0 saturated carbocycles. The first-order valence-electron chi connectivity index (χ1n) is 3.63. The molecular formula is C6H10N4O. The molecule has 60 valence electrons. The zero-order chi connectivity index (χ0) is 7.84. The summed E-state index contributed by atoms with van der Waals surface area (Å²) in [6.45, 7) is 3.58. The molecule has 0 amide bonds. The Kier molecular flexibility index (Phi) is 1.32. The van der Waals surface area contributed by atoms with Gasteiger partial charge >= 0.3 is 5.69 Å². The summed E-state index contributed by atoms with van der Waals surface area (Å²) in [6, 6.07) is 0.307. The fourth-order valence-electron chi connectivity index (χ4n) is 1.27. The molecule has 11 heavy (non-hydrogen) atoms. The molecule has 5 heteroatoms. The molecule has 2 N–H and O–H groups in total. The van der Waals surface area contributed by atoms with Crippen molar-refractivity contribution in [1.82, 2.24) is 20.1 Å². The van der Waals surface area contributed by atoms with Crippen molar-refractivity contribution in [3.05, 3.63) is 16.3 Å². The van der Waals surface area contributed by atoms with Crippen molar-refractivity contribution in [2.24, 2.45) is 0 Å². The Labute approximate surface area is 63.4 Å². The van der Waals surface area contributed by atoms with Gasteiger partial charge in [0.05, 0.1) is 6.04 Å². The number of hydrogen-bond donors (Lipinski definition) is 2. The van der Waals surface area contributed by atoms with Crippen LogP contribution in [-0.2, 0) is 0 Å². The highest BCUT2D eigenvalue weighted by molar-refractivity contribution is 4.91. The Hall–Kier alpha value is -1.10. The Bertz CT molecular complexity index is 309. The zero-order valence-electron chi connectivity index (χ0n) is 6.29. The third kappa shape index (κ3) is 0.883. The van der Waals surface area contributed by atoms with E-state index < -0.39 is 0 Å². The van der Waals surface area contributed by atoms with Gasteiger partial charge in [0.1, 0.15) is 5.82 Å². The van der Waals surface area contributed by atoms with Crippen LogP contribution in [0.2, 0.25) is 0 Å². The normalized spacial score (nSPS) is 18.3. The van der Waals surface area contributed by atoms with Gasteiger partial charge in [0.15, 0.2) is 0 Å². The van der Waals surface area contributed by atoms with Crippen LogP contribution in [-0.4, -0.2) is 27.9 Å². The van der Waals surface area contributed by atoms with Crippen LogP contribution in [0.1, 0.15) is 11.9 Å². The minimum absolute atomic E-state index is 0.103. The summed E-state index contributed by atoms with van der Waals surface area (Å²) in [5.41, 5.74) is -0.103. The van der Waals surface area contributed by atoms with E-state index in [4.69, 9.17) is 0 Å². The third-order valence-corrected chi connectivity index (χ3v) is 2.01. The van der Waals surface area contributed by atoms with E-state index in [0.29, 0.717) is 6.04 Å². The zero-order valence-corrected chi connectivity index (χ0v) is 6.29. The number of rotatable bonds is 1. The SMILES string of the molecule is Cc1n[nH]c(=O)n1C1CNC1. The minimum Gasteiger partial charge on any atom is -0.313 e. The molecule has 1 saturated heterocycles. The van der Waals surface area contributed by atoms with Gasteiger partial charge in [0.25, 0.3) is 0 Å². The second kappa shape index (κ2) is 2.20. The standard InChI is InChI=1S/C6H10N4O/c1-4-8-9-6(11)10(4)5-2-7-3-5/h5,7H,2-3H2,1H3,(H,9,11). The van der Waals surface area contributed by atoms with Crippen molar-refractivity contribution < 1.29 is 0 Å². The fraction of sp³-hybridized carbons (Fsp3) is 0.667. The quantitative estimate of drug-likeness (QED) is 0.546. The molecule has 0 bridgehead atoms. The lowest BCUT2D eigenvalue weighted by Gasteiger charge is -2.27. The van der Waals surface area contributed by atoms with E-state index in [9.17, 15) is 4.79 Å². The summed E-state index contributed by atoms with van der Waals surface area (Å²) in [6.07, 6.45) is 0. The molecule has 1 aliphatic rings. The number of hydrogen-bond acceptors (Lipinski definition) is 3. The molecule has 2 heterocycles. The van der Waals surface area contributed by atoms with Crippen LogP contribution in [0.5, 0.6) is 0 Å². The lowest BCUT2D eigenvalue weighted by molar-refractivity contribution is 0.331. The van der Waals surface area contributed by atoms with Crippen LogP contribution in [0, 0.1) is 6.92 Å². The number of H-pyrrole nitrogens is 1. The van der Waals surface area contributed by atoms with Crippen LogP contribution >= 0.6 is 0 Å². The van der Waals surface area contributed by atoms with E-state index in [1.165, 1.54) is 0 Å². The molecule has 0 aromatic carbocycles. The van der Waals surface area contributed by atoms with E-state index in [1.54, 1.807) is 4.57 Å². The van der Waals surface area contributed by atoms with Gasteiger partial charge in [-0.2, -0.15) is 5.10 Å².